The van der Waals surface area contributed by atoms with Crippen molar-refractivity contribution in [3.05, 3.63) is 72.9 Å². The molecule has 0 spiro atoms. The van der Waals surface area contributed by atoms with E-state index in [0.29, 0.717) is 6.61 Å². The molecule has 1 aromatic heterocycles. The molecule has 0 aliphatic rings. The average molecular weight is 314 g/mol. The molecule has 118 valence electrons. The standard InChI is InChI=1S/C21H18N2O/c1-2-24-18-9-7-17(8-10-18)23-20-11-12-22-21-14-16-6-4-3-5-15(16)13-19(20)21/h3-14H,2H2,1H3,(H,22,23). The Morgan fingerprint density at radius 1 is 0.917 bits per heavy atom. The van der Waals surface area contributed by atoms with Crippen molar-refractivity contribution >= 4 is 33.1 Å². The SMILES string of the molecule is CCOc1ccc(Nc2ccnc3cc4ccccc4cc23)cc1. The first-order chi connectivity index (χ1) is 11.8. The molecule has 4 rings (SSSR count). The van der Waals surface area contributed by atoms with Gasteiger partial charge in [0, 0.05) is 23.0 Å². The number of ether oxygens (including phenoxy) is 1. The lowest BCUT2D eigenvalue weighted by molar-refractivity contribution is 0.340. The lowest BCUT2D eigenvalue weighted by Crippen LogP contribution is -1.94. The first kappa shape index (κ1) is 14.5. The summed E-state index contributed by atoms with van der Waals surface area (Å²) in [5.41, 5.74) is 3.07. The summed E-state index contributed by atoms with van der Waals surface area (Å²) in [5.74, 6) is 0.883. The molecule has 4 aromatic rings. The number of nitrogens with zero attached hydrogens (tertiary/aromatic N) is 1. The Morgan fingerprint density at radius 2 is 1.67 bits per heavy atom. The lowest BCUT2D eigenvalue weighted by atomic mass is 10.1. The van der Waals surface area contributed by atoms with E-state index in [9.17, 15) is 0 Å². The normalized spacial score (nSPS) is 10.9. The summed E-state index contributed by atoms with van der Waals surface area (Å²) in [6.45, 7) is 2.66. The molecule has 0 aliphatic carbocycles. The lowest BCUT2D eigenvalue weighted by Gasteiger charge is -2.11. The number of benzene rings is 3. The summed E-state index contributed by atoms with van der Waals surface area (Å²) in [6.07, 6.45) is 1.84. The zero-order valence-corrected chi connectivity index (χ0v) is 13.5. The second-order valence-electron chi connectivity index (χ2n) is 5.66. The van der Waals surface area contributed by atoms with Crippen molar-refractivity contribution in [3.8, 4) is 5.75 Å². The van der Waals surface area contributed by atoms with Gasteiger partial charge in [-0.05, 0) is 60.2 Å². The van der Waals surface area contributed by atoms with Crippen LogP contribution in [0.3, 0.4) is 0 Å². The van der Waals surface area contributed by atoms with E-state index in [1.54, 1.807) is 0 Å². The number of anilines is 2. The van der Waals surface area contributed by atoms with Gasteiger partial charge in [-0.25, -0.2) is 0 Å². The minimum atomic E-state index is 0.675. The predicted octanol–water partition coefficient (Wildman–Crippen LogP) is 5.53. The fraction of sp³-hybridized carbons (Fsp3) is 0.0952. The van der Waals surface area contributed by atoms with Crippen LogP contribution in [0, 0.1) is 0 Å². The highest BCUT2D eigenvalue weighted by atomic mass is 16.5. The first-order valence-corrected chi connectivity index (χ1v) is 8.11. The third kappa shape index (κ3) is 2.76. The fourth-order valence-electron chi connectivity index (χ4n) is 2.90. The van der Waals surface area contributed by atoms with Gasteiger partial charge in [-0.15, -0.1) is 0 Å². The van der Waals surface area contributed by atoms with Gasteiger partial charge in [0.05, 0.1) is 12.1 Å². The molecule has 0 atom stereocenters. The van der Waals surface area contributed by atoms with Crippen LogP contribution in [-0.4, -0.2) is 11.6 Å². The van der Waals surface area contributed by atoms with Gasteiger partial charge in [0.2, 0.25) is 0 Å². The Morgan fingerprint density at radius 3 is 2.42 bits per heavy atom. The van der Waals surface area contributed by atoms with Crippen LogP contribution in [0.4, 0.5) is 11.4 Å². The van der Waals surface area contributed by atoms with Crippen LogP contribution in [0.1, 0.15) is 6.92 Å². The third-order valence-corrected chi connectivity index (χ3v) is 4.05. The van der Waals surface area contributed by atoms with E-state index in [-0.39, 0.29) is 0 Å². The topological polar surface area (TPSA) is 34.1 Å². The fourth-order valence-corrected chi connectivity index (χ4v) is 2.90. The van der Waals surface area contributed by atoms with Crippen molar-refractivity contribution in [1.82, 2.24) is 4.98 Å². The van der Waals surface area contributed by atoms with E-state index in [1.807, 2.05) is 43.5 Å². The van der Waals surface area contributed by atoms with Crippen molar-refractivity contribution in [3.63, 3.8) is 0 Å². The molecule has 3 nitrogen and oxygen atoms in total. The van der Waals surface area contributed by atoms with Gasteiger partial charge in [0.25, 0.3) is 0 Å². The van der Waals surface area contributed by atoms with E-state index in [2.05, 4.69) is 46.7 Å². The van der Waals surface area contributed by atoms with Crippen LogP contribution in [0.5, 0.6) is 5.75 Å². The number of hydrogen-bond acceptors (Lipinski definition) is 3. The number of aromatic nitrogens is 1. The van der Waals surface area contributed by atoms with Crippen molar-refractivity contribution in [2.24, 2.45) is 0 Å². The van der Waals surface area contributed by atoms with Crippen LogP contribution in [-0.2, 0) is 0 Å². The highest BCUT2D eigenvalue weighted by molar-refractivity contribution is 6.02. The number of nitrogens with one attached hydrogen (secondary N) is 1. The molecule has 0 saturated carbocycles. The van der Waals surface area contributed by atoms with E-state index in [4.69, 9.17) is 4.74 Å². The molecule has 1 N–H and O–H groups in total. The molecule has 1 heterocycles. The minimum Gasteiger partial charge on any atom is -0.494 e. The molecule has 0 fully saturated rings. The van der Waals surface area contributed by atoms with Crippen molar-refractivity contribution in [1.29, 1.82) is 0 Å². The largest absolute Gasteiger partial charge is 0.494 e. The Labute approximate surface area is 140 Å². The third-order valence-electron chi connectivity index (χ3n) is 4.05. The Bertz CT molecular complexity index is 993. The second kappa shape index (κ2) is 6.20. The van der Waals surface area contributed by atoms with E-state index >= 15 is 0 Å². The van der Waals surface area contributed by atoms with Crippen LogP contribution >= 0.6 is 0 Å². The number of fused-ring (bicyclic) bond motifs is 2. The van der Waals surface area contributed by atoms with E-state index in [0.717, 1.165) is 28.0 Å². The van der Waals surface area contributed by atoms with Gasteiger partial charge in [-0.1, -0.05) is 24.3 Å². The molecule has 0 aliphatic heterocycles. The number of hydrogen-bond donors (Lipinski definition) is 1. The first-order valence-electron chi connectivity index (χ1n) is 8.11. The molecule has 0 saturated heterocycles. The molecule has 24 heavy (non-hydrogen) atoms. The molecule has 0 amide bonds. The zero-order valence-electron chi connectivity index (χ0n) is 13.5. The van der Waals surface area contributed by atoms with Crippen LogP contribution in [0.25, 0.3) is 21.7 Å². The van der Waals surface area contributed by atoms with Gasteiger partial charge in [0.1, 0.15) is 5.75 Å². The highest BCUT2D eigenvalue weighted by Gasteiger charge is 2.05. The minimum absolute atomic E-state index is 0.675. The molecule has 3 aromatic carbocycles. The Kier molecular flexibility index (Phi) is 3.75. The van der Waals surface area contributed by atoms with Crippen molar-refractivity contribution in [2.75, 3.05) is 11.9 Å². The van der Waals surface area contributed by atoms with Crippen molar-refractivity contribution < 1.29 is 4.74 Å². The van der Waals surface area contributed by atoms with Crippen LogP contribution in [0.15, 0.2) is 72.9 Å². The Balaban J connectivity index is 1.74. The van der Waals surface area contributed by atoms with Gasteiger partial charge in [-0.3, -0.25) is 4.98 Å². The van der Waals surface area contributed by atoms with Gasteiger partial charge in [-0.2, -0.15) is 0 Å². The van der Waals surface area contributed by atoms with E-state index in [1.165, 1.54) is 10.8 Å². The summed E-state index contributed by atoms with van der Waals surface area (Å²) in [6, 6.07) is 22.7. The quantitative estimate of drug-likeness (QED) is 0.503. The number of rotatable bonds is 4. The zero-order chi connectivity index (χ0) is 16.4. The smallest absolute Gasteiger partial charge is 0.119 e. The molecular formula is C21H18N2O. The predicted molar refractivity (Wildman–Crippen MR) is 100 cm³/mol. The summed E-state index contributed by atoms with van der Waals surface area (Å²) in [5, 5.41) is 7.02. The highest BCUT2D eigenvalue weighted by Crippen LogP contribution is 2.29. The van der Waals surface area contributed by atoms with Gasteiger partial charge in [0.15, 0.2) is 0 Å². The van der Waals surface area contributed by atoms with Crippen molar-refractivity contribution in [2.45, 2.75) is 6.92 Å². The monoisotopic (exact) mass is 314 g/mol. The number of pyridine rings is 1. The summed E-state index contributed by atoms with van der Waals surface area (Å²) in [7, 11) is 0. The van der Waals surface area contributed by atoms with Gasteiger partial charge >= 0.3 is 0 Å². The summed E-state index contributed by atoms with van der Waals surface area (Å²) >= 11 is 0. The second-order valence-corrected chi connectivity index (χ2v) is 5.66. The van der Waals surface area contributed by atoms with Gasteiger partial charge < -0.3 is 10.1 Å². The molecule has 0 unspecified atom stereocenters. The summed E-state index contributed by atoms with van der Waals surface area (Å²) in [4.78, 5) is 4.51. The molecular weight excluding hydrogens is 296 g/mol. The van der Waals surface area contributed by atoms with E-state index < -0.39 is 0 Å². The molecule has 0 bridgehead atoms. The Hall–Kier alpha value is -3.07. The maximum atomic E-state index is 5.49. The van der Waals surface area contributed by atoms with Crippen LogP contribution < -0.4 is 10.1 Å². The maximum absolute atomic E-state index is 5.49. The average Bonchev–Trinajstić information content (AvgIpc) is 2.62. The molecule has 3 heteroatoms. The van der Waals surface area contributed by atoms with Crippen LogP contribution in [0.2, 0.25) is 0 Å². The summed E-state index contributed by atoms with van der Waals surface area (Å²) < 4.78 is 5.49. The molecule has 0 radical (unpaired) electrons. The maximum Gasteiger partial charge on any atom is 0.119 e.